The Bertz CT molecular complexity index is 564. The van der Waals surface area contributed by atoms with E-state index in [0.717, 1.165) is 6.42 Å². The van der Waals surface area contributed by atoms with Crippen LogP contribution in [0.25, 0.3) is 0 Å². The number of carbonyl (C=O) groups is 1. The molecule has 1 fully saturated rings. The summed E-state index contributed by atoms with van der Waals surface area (Å²) in [6, 6.07) is 4.39. The zero-order valence-corrected chi connectivity index (χ0v) is 12.7. The minimum absolute atomic E-state index is 0.0249. The van der Waals surface area contributed by atoms with E-state index in [1.165, 1.54) is 12.1 Å². The summed E-state index contributed by atoms with van der Waals surface area (Å²) in [6.07, 6.45) is 0.749. The molecule has 2 rings (SSSR count). The molecule has 1 aromatic carbocycles. The van der Waals surface area contributed by atoms with Crippen molar-refractivity contribution in [3.8, 4) is 0 Å². The molecule has 1 saturated heterocycles. The molecule has 2 atom stereocenters. The summed E-state index contributed by atoms with van der Waals surface area (Å²) in [5, 5.41) is 11.1. The highest BCUT2D eigenvalue weighted by molar-refractivity contribution is 6.33. The van der Waals surface area contributed by atoms with Gasteiger partial charge in [-0.15, -0.1) is 0 Å². The van der Waals surface area contributed by atoms with Crippen molar-refractivity contribution >= 4 is 23.2 Å². The van der Waals surface area contributed by atoms with Crippen LogP contribution in [0.4, 0.5) is 5.69 Å². The Labute approximate surface area is 127 Å². The summed E-state index contributed by atoms with van der Waals surface area (Å²) in [5.41, 5.74) is -0.311. The summed E-state index contributed by atoms with van der Waals surface area (Å²) in [6.45, 7) is 3.06. The molecule has 1 heterocycles. The first-order chi connectivity index (χ1) is 9.95. The Morgan fingerprint density at radius 1 is 1.52 bits per heavy atom. The van der Waals surface area contributed by atoms with Gasteiger partial charge in [-0.05, 0) is 24.5 Å². The number of carbonyl (C=O) groups excluding carboxylic acids is 1. The van der Waals surface area contributed by atoms with Crippen LogP contribution in [0.2, 0.25) is 5.02 Å². The fraction of sp³-hybridized carbons (Fsp3) is 0.500. The van der Waals surface area contributed by atoms with Gasteiger partial charge >= 0.3 is 5.69 Å². The van der Waals surface area contributed by atoms with Gasteiger partial charge in [0.1, 0.15) is 10.6 Å². The number of methoxy groups -OCH3 is 1. The van der Waals surface area contributed by atoms with E-state index in [1.807, 2.05) is 0 Å². The molecule has 2 unspecified atom stereocenters. The SMILES string of the molecule is COC1CN(C(=O)c2cccc(Cl)c2[N+](=O)[O-])CCC1C. The number of nitro benzene ring substituents is 1. The first-order valence-electron chi connectivity index (χ1n) is 6.70. The van der Waals surface area contributed by atoms with Crippen LogP contribution in [-0.2, 0) is 4.74 Å². The number of rotatable bonds is 3. The molecular weight excluding hydrogens is 296 g/mol. The van der Waals surface area contributed by atoms with Crippen LogP contribution in [0.3, 0.4) is 0 Å². The molecule has 0 aromatic heterocycles. The van der Waals surface area contributed by atoms with Crippen molar-refractivity contribution in [2.75, 3.05) is 20.2 Å². The molecule has 0 radical (unpaired) electrons. The fourth-order valence-corrected chi connectivity index (χ4v) is 2.81. The summed E-state index contributed by atoms with van der Waals surface area (Å²) in [5.74, 6) is -0.0217. The molecule has 0 bridgehead atoms. The van der Waals surface area contributed by atoms with E-state index in [0.29, 0.717) is 19.0 Å². The molecule has 1 aliphatic heterocycles. The van der Waals surface area contributed by atoms with E-state index in [9.17, 15) is 14.9 Å². The maximum Gasteiger partial charge on any atom is 0.300 e. The van der Waals surface area contributed by atoms with Crippen LogP contribution in [0.5, 0.6) is 0 Å². The average molecular weight is 313 g/mol. The van der Waals surface area contributed by atoms with Gasteiger partial charge in [0.05, 0.1) is 11.0 Å². The van der Waals surface area contributed by atoms with Gasteiger partial charge in [-0.25, -0.2) is 0 Å². The summed E-state index contributed by atoms with van der Waals surface area (Å²) in [7, 11) is 1.61. The predicted molar refractivity (Wildman–Crippen MR) is 78.6 cm³/mol. The molecule has 1 aromatic rings. The number of piperidine rings is 1. The Kier molecular flexibility index (Phi) is 4.80. The third kappa shape index (κ3) is 3.16. The number of likely N-dealkylation sites (tertiary alicyclic amines) is 1. The van der Waals surface area contributed by atoms with Crippen LogP contribution in [-0.4, -0.2) is 42.0 Å². The second-order valence-electron chi connectivity index (χ2n) is 5.18. The van der Waals surface area contributed by atoms with Gasteiger partial charge < -0.3 is 9.64 Å². The van der Waals surface area contributed by atoms with E-state index in [1.54, 1.807) is 18.1 Å². The first kappa shape index (κ1) is 15.7. The second-order valence-corrected chi connectivity index (χ2v) is 5.59. The maximum atomic E-state index is 12.6. The molecular formula is C14H17ClN2O4. The molecule has 114 valence electrons. The lowest BCUT2D eigenvalue weighted by molar-refractivity contribution is -0.385. The zero-order valence-electron chi connectivity index (χ0n) is 11.9. The third-order valence-corrected chi connectivity index (χ3v) is 4.18. The fourth-order valence-electron chi connectivity index (χ4n) is 2.57. The van der Waals surface area contributed by atoms with Crippen LogP contribution in [0, 0.1) is 16.0 Å². The van der Waals surface area contributed by atoms with E-state index in [2.05, 4.69) is 6.92 Å². The summed E-state index contributed by atoms with van der Waals surface area (Å²) in [4.78, 5) is 24.7. The highest BCUT2D eigenvalue weighted by Crippen LogP contribution is 2.30. The van der Waals surface area contributed by atoms with Crippen LogP contribution < -0.4 is 0 Å². The molecule has 6 nitrogen and oxygen atoms in total. The van der Waals surface area contributed by atoms with Gasteiger partial charge in [-0.1, -0.05) is 24.6 Å². The van der Waals surface area contributed by atoms with E-state index in [-0.39, 0.29) is 28.3 Å². The van der Waals surface area contributed by atoms with Crippen molar-refractivity contribution in [1.82, 2.24) is 4.90 Å². The van der Waals surface area contributed by atoms with Crippen LogP contribution in [0.1, 0.15) is 23.7 Å². The molecule has 0 saturated carbocycles. The van der Waals surface area contributed by atoms with Gasteiger partial charge in [0.25, 0.3) is 5.91 Å². The molecule has 7 heteroatoms. The van der Waals surface area contributed by atoms with Crippen molar-refractivity contribution < 1.29 is 14.5 Å². The van der Waals surface area contributed by atoms with Gasteiger partial charge in [0, 0.05) is 20.2 Å². The maximum absolute atomic E-state index is 12.6. The molecule has 0 N–H and O–H groups in total. The first-order valence-corrected chi connectivity index (χ1v) is 7.08. The Balaban J connectivity index is 2.29. The number of para-hydroxylation sites is 1. The Morgan fingerprint density at radius 3 is 2.86 bits per heavy atom. The van der Waals surface area contributed by atoms with Gasteiger partial charge in [-0.2, -0.15) is 0 Å². The number of amides is 1. The lowest BCUT2D eigenvalue weighted by Gasteiger charge is -2.36. The number of benzene rings is 1. The number of nitro groups is 1. The molecule has 0 spiro atoms. The lowest BCUT2D eigenvalue weighted by atomic mass is 9.95. The number of hydrogen-bond donors (Lipinski definition) is 0. The van der Waals surface area contributed by atoms with Crippen molar-refractivity contribution in [1.29, 1.82) is 0 Å². The molecule has 0 aliphatic carbocycles. The van der Waals surface area contributed by atoms with Crippen LogP contribution >= 0.6 is 11.6 Å². The Hall–Kier alpha value is -1.66. The zero-order chi connectivity index (χ0) is 15.6. The minimum Gasteiger partial charge on any atom is -0.379 e. The van der Waals surface area contributed by atoms with Crippen molar-refractivity contribution in [2.24, 2.45) is 5.92 Å². The standard InChI is InChI=1S/C14H17ClN2O4/c1-9-6-7-16(8-12(9)21-2)14(18)10-4-3-5-11(15)13(10)17(19)20/h3-5,9,12H,6-8H2,1-2H3. The number of hydrogen-bond acceptors (Lipinski definition) is 4. The largest absolute Gasteiger partial charge is 0.379 e. The number of nitrogens with zero attached hydrogens (tertiary/aromatic N) is 2. The predicted octanol–water partition coefficient (Wildman–Crippen LogP) is 2.75. The smallest absolute Gasteiger partial charge is 0.300 e. The quantitative estimate of drug-likeness (QED) is 0.635. The summed E-state index contributed by atoms with van der Waals surface area (Å²) >= 11 is 5.85. The number of ether oxygens (including phenoxy) is 1. The van der Waals surface area contributed by atoms with E-state index >= 15 is 0 Å². The normalized spacial score (nSPS) is 22.1. The lowest BCUT2D eigenvalue weighted by Crippen LogP contribution is -2.46. The highest BCUT2D eigenvalue weighted by atomic mass is 35.5. The van der Waals surface area contributed by atoms with Crippen molar-refractivity contribution in [3.63, 3.8) is 0 Å². The van der Waals surface area contributed by atoms with Gasteiger partial charge in [-0.3, -0.25) is 14.9 Å². The summed E-state index contributed by atoms with van der Waals surface area (Å²) < 4.78 is 5.37. The highest BCUT2D eigenvalue weighted by Gasteiger charge is 2.32. The van der Waals surface area contributed by atoms with Crippen LogP contribution in [0.15, 0.2) is 18.2 Å². The number of halogens is 1. The Morgan fingerprint density at radius 2 is 2.24 bits per heavy atom. The molecule has 1 amide bonds. The minimum atomic E-state index is -0.615. The van der Waals surface area contributed by atoms with Gasteiger partial charge in [0.15, 0.2) is 0 Å². The third-order valence-electron chi connectivity index (χ3n) is 3.88. The second kappa shape index (κ2) is 6.41. The monoisotopic (exact) mass is 312 g/mol. The van der Waals surface area contributed by atoms with Crippen molar-refractivity contribution in [3.05, 3.63) is 38.9 Å². The van der Waals surface area contributed by atoms with Crippen molar-refractivity contribution in [2.45, 2.75) is 19.4 Å². The topological polar surface area (TPSA) is 72.7 Å². The van der Waals surface area contributed by atoms with E-state index < -0.39 is 4.92 Å². The van der Waals surface area contributed by atoms with E-state index in [4.69, 9.17) is 16.3 Å². The van der Waals surface area contributed by atoms with Gasteiger partial charge in [0.2, 0.25) is 0 Å². The average Bonchev–Trinajstić information content (AvgIpc) is 2.46. The molecule has 21 heavy (non-hydrogen) atoms. The molecule has 1 aliphatic rings.